The molecule has 0 radical (unpaired) electrons. The van der Waals surface area contributed by atoms with Crippen molar-refractivity contribution in [1.29, 1.82) is 0 Å². The van der Waals surface area contributed by atoms with Gasteiger partial charge in [0.1, 0.15) is 23.4 Å². The van der Waals surface area contributed by atoms with Crippen LogP contribution in [0.4, 0.5) is 29.2 Å². The van der Waals surface area contributed by atoms with Crippen LogP contribution in [0.15, 0.2) is 6.07 Å². The van der Waals surface area contributed by atoms with Gasteiger partial charge in [0.2, 0.25) is 5.88 Å². The van der Waals surface area contributed by atoms with Crippen molar-refractivity contribution in [3.8, 4) is 17.1 Å². The van der Waals surface area contributed by atoms with Crippen LogP contribution in [0.3, 0.4) is 0 Å². The van der Waals surface area contributed by atoms with Crippen LogP contribution < -0.4 is 20.7 Å². The summed E-state index contributed by atoms with van der Waals surface area (Å²) in [4.78, 5) is 14.9. The Bertz CT molecular complexity index is 1430. The Hall–Kier alpha value is -2.92. The topological polar surface area (TPSA) is 89.2 Å². The lowest BCUT2D eigenvalue weighted by Crippen LogP contribution is -2.62. The summed E-state index contributed by atoms with van der Waals surface area (Å²) in [5.74, 6) is -0.707. The molecule has 3 N–H and O–H groups in total. The van der Waals surface area contributed by atoms with Crippen molar-refractivity contribution < 1.29 is 22.3 Å². The van der Waals surface area contributed by atoms with Crippen molar-refractivity contribution in [2.75, 3.05) is 17.2 Å². The third-order valence-corrected chi connectivity index (χ3v) is 7.88. The first-order valence-electron chi connectivity index (χ1n) is 11.7. The Balaban J connectivity index is 1.69. The highest BCUT2D eigenvalue weighted by Crippen LogP contribution is 2.48. The summed E-state index contributed by atoms with van der Waals surface area (Å²) in [6, 6.07) is 1.24. The first kappa shape index (κ1) is 23.5. The van der Waals surface area contributed by atoms with Gasteiger partial charge in [-0.15, -0.1) is 0 Å². The first-order chi connectivity index (χ1) is 17.0. The lowest BCUT2D eigenvalue weighted by atomic mass is 9.98. The molecule has 2 fully saturated rings. The molecule has 4 atom stereocenters. The number of nitrogens with two attached hydrogens (primary N) is 1. The van der Waals surface area contributed by atoms with Gasteiger partial charge in [-0.05, 0) is 39.7 Å². The maximum Gasteiger partial charge on any atom is 0.418 e. The van der Waals surface area contributed by atoms with Gasteiger partial charge in [-0.2, -0.15) is 13.2 Å². The first-order valence-corrected chi connectivity index (χ1v) is 12.1. The number of hydrogen-bond donors (Lipinski definition) is 2. The Morgan fingerprint density at radius 1 is 1.14 bits per heavy atom. The number of halogens is 5. The van der Waals surface area contributed by atoms with Crippen LogP contribution in [-0.4, -0.2) is 45.7 Å². The van der Waals surface area contributed by atoms with Crippen LogP contribution in [-0.2, 0) is 6.18 Å². The van der Waals surface area contributed by atoms with E-state index in [1.54, 1.807) is 6.92 Å². The van der Waals surface area contributed by atoms with Crippen molar-refractivity contribution in [2.24, 2.45) is 0 Å². The SMILES string of the molecule is Cc1nc(N)cc(-c2nc3c4c(nc(C)c(Cl)c4c2F)N2C[C@H]4CC[C@H](N4)[C@H]2[C@H](C)O3)c1C(F)(F)F. The van der Waals surface area contributed by atoms with Gasteiger partial charge in [-0.1, -0.05) is 11.6 Å². The molecular weight excluding hydrogens is 500 g/mol. The number of hydrogen-bond acceptors (Lipinski definition) is 7. The van der Waals surface area contributed by atoms with Crippen LogP contribution in [0.25, 0.3) is 22.0 Å². The molecule has 2 saturated heterocycles. The van der Waals surface area contributed by atoms with Crippen LogP contribution in [0.1, 0.15) is 36.7 Å². The smallest absolute Gasteiger partial charge is 0.418 e. The molecule has 0 unspecified atom stereocenters. The quantitative estimate of drug-likeness (QED) is 0.444. The van der Waals surface area contributed by atoms with Gasteiger partial charge in [-0.3, -0.25) is 0 Å². The van der Waals surface area contributed by atoms with E-state index in [1.165, 1.54) is 6.92 Å². The second-order valence-corrected chi connectivity index (χ2v) is 10.1. The standard InChI is InChI=1S/C24H23ClF4N6O/c1-8-17(24(27,28)29)12(6-14(30)31-8)20-19(26)15-16-22(32-9(2)18(15)25)35-7-11-4-5-13(33-11)21(35)10(3)36-23(16)34-20/h6,10-11,13,21,33H,4-5,7H2,1-3H3,(H2,30,31)/t10-,11+,13-,21+/m0/s1. The van der Waals surface area contributed by atoms with Gasteiger partial charge in [0, 0.05) is 29.6 Å². The second kappa shape index (κ2) is 7.79. The van der Waals surface area contributed by atoms with E-state index in [2.05, 4.69) is 20.2 Å². The Morgan fingerprint density at radius 3 is 2.61 bits per heavy atom. The summed E-state index contributed by atoms with van der Waals surface area (Å²) < 4.78 is 64.8. The minimum absolute atomic E-state index is 0.00346. The van der Waals surface area contributed by atoms with Gasteiger partial charge < -0.3 is 20.7 Å². The number of nitrogens with zero attached hydrogens (tertiary/aromatic N) is 4. The molecule has 3 aliphatic heterocycles. The molecule has 3 aliphatic rings. The summed E-state index contributed by atoms with van der Waals surface area (Å²) in [6.07, 6.45) is -3.28. The van der Waals surface area contributed by atoms with Crippen molar-refractivity contribution >= 4 is 34.0 Å². The van der Waals surface area contributed by atoms with Crippen LogP contribution in [0.5, 0.6) is 5.88 Å². The molecule has 0 aromatic carbocycles. The van der Waals surface area contributed by atoms with Crippen LogP contribution >= 0.6 is 11.6 Å². The predicted molar refractivity (Wildman–Crippen MR) is 128 cm³/mol. The Kier molecular flexibility index (Phi) is 5.08. The Labute approximate surface area is 209 Å². The number of nitrogen functional groups attached to an aromatic ring is 1. The summed E-state index contributed by atoms with van der Waals surface area (Å²) in [6.45, 7) is 5.34. The molecule has 6 rings (SSSR count). The number of aryl methyl sites for hydroxylation is 2. The second-order valence-electron chi connectivity index (χ2n) is 9.73. The zero-order chi connectivity index (χ0) is 25.7. The monoisotopic (exact) mass is 522 g/mol. The number of fused-ring (bicyclic) bond motifs is 5. The lowest BCUT2D eigenvalue weighted by Gasteiger charge is -2.43. The van der Waals surface area contributed by atoms with E-state index < -0.39 is 34.9 Å². The van der Waals surface area contributed by atoms with Gasteiger partial charge in [-0.25, -0.2) is 19.3 Å². The molecule has 190 valence electrons. The molecule has 2 bridgehead atoms. The maximum atomic E-state index is 16.3. The molecule has 0 saturated carbocycles. The van der Waals surface area contributed by atoms with E-state index in [4.69, 9.17) is 27.1 Å². The van der Waals surface area contributed by atoms with Crippen molar-refractivity contribution in [1.82, 2.24) is 20.3 Å². The van der Waals surface area contributed by atoms with E-state index in [9.17, 15) is 13.2 Å². The van der Waals surface area contributed by atoms with E-state index >= 15 is 4.39 Å². The van der Waals surface area contributed by atoms with E-state index in [0.717, 1.165) is 18.9 Å². The molecule has 6 heterocycles. The van der Waals surface area contributed by atoms with Crippen molar-refractivity contribution in [3.05, 3.63) is 33.9 Å². The number of nitrogens with one attached hydrogen (secondary N) is 1. The molecule has 3 aromatic rings. The minimum Gasteiger partial charge on any atom is -0.472 e. The van der Waals surface area contributed by atoms with Gasteiger partial charge in [0.25, 0.3) is 0 Å². The summed E-state index contributed by atoms with van der Waals surface area (Å²) in [7, 11) is 0. The number of anilines is 2. The number of aromatic nitrogens is 3. The molecule has 0 aliphatic carbocycles. The molecule has 36 heavy (non-hydrogen) atoms. The number of alkyl halides is 3. The highest BCUT2D eigenvalue weighted by atomic mass is 35.5. The zero-order valence-electron chi connectivity index (χ0n) is 19.7. The predicted octanol–water partition coefficient (Wildman–Crippen LogP) is 4.79. The molecule has 3 aromatic heterocycles. The third-order valence-electron chi connectivity index (χ3n) is 7.41. The fourth-order valence-electron chi connectivity index (χ4n) is 6.01. The average molecular weight is 523 g/mol. The Morgan fingerprint density at radius 2 is 1.89 bits per heavy atom. The minimum atomic E-state index is -4.82. The molecule has 12 heteroatoms. The zero-order valence-corrected chi connectivity index (χ0v) is 20.4. The van der Waals surface area contributed by atoms with Crippen LogP contribution in [0.2, 0.25) is 5.02 Å². The summed E-state index contributed by atoms with van der Waals surface area (Å²) >= 11 is 6.57. The molecule has 0 spiro atoms. The number of pyridine rings is 3. The lowest BCUT2D eigenvalue weighted by molar-refractivity contribution is -0.137. The highest BCUT2D eigenvalue weighted by Gasteiger charge is 2.47. The van der Waals surface area contributed by atoms with Gasteiger partial charge in [0.15, 0.2) is 5.82 Å². The van der Waals surface area contributed by atoms with Crippen molar-refractivity contribution in [2.45, 2.75) is 64.0 Å². The van der Waals surface area contributed by atoms with Crippen LogP contribution in [0, 0.1) is 19.7 Å². The number of rotatable bonds is 1. The fourth-order valence-corrected chi connectivity index (χ4v) is 6.23. The van der Waals surface area contributed by atoms with Gasteiger partial charge >= 0.3 is 6.18 Å². The van der Waals surface area contributed by atoms with E-state index in [0.29, 0.717) is 18.1 Å². The highest BCUT2D eigenvalue weighted by molar-refractivity contribution is 6.37. The molecule has 0 amide bonds. The number of ether oxygens (including phenoxy) is 1. The van der Waals surface area contributed by atoms with Gasteiger partial charge in [0.05, 0.1) is 33.4 Å². The normalized spacial score (nSPS) is 25.1. The molecule has 7 nitrogen and oxygen atoms in total. The molecular formula is C24H23ClF4N6O. The average Bonchev–Trinajstić information content (AvgIpc) is 3.10. The fraction of sp³-hybridized carbons (Fsp3) is 0.458. The van der Waals surface area contributed by atoms with E-state index in [1.807, 2.05) is 6.92 Å². The maximum absolute atomic E-state index is 16.3. The van der Waals surface area contributed by atoms with Crippen molar-refractivity contribution in [3.63, 3.8) is 0 Å². The third kappa shape index (κ3) is 3.32. The van der Waals surface area contributed by atoms with E-state index in [-0.39, 0.29) is 51.3 Å². The summed E-state index contributed by atoms with van der Waals surface area (Å²) in [5.41, 5.74) is 3.59. The number of piperazine rings is 1. The largest absolute Gasteiger partial charge is 0.472 e. The summed E-state index contributed by atoms with van der Waals surface area (Å²) in [5, 5.41) is 3.79.